The fourth-order valence-corrected chi connectivity index (χ4v) is 2.21. The summed E-state index contributed by atoms with van der Waals surface area (Å²) in [4.78, 5) is 27.5. The molecule has 0 unspecified atom stereocenters. The number of benzene rings is 1. The fourth-order valence-electron chi connectivity index (χ4n) is 2.21. The molecule has 2 N–H and O–H groups in total. The molecule has 1 aromatic carbocycles. The van der Waals surface area contributed by atoms with E-state index in [1.807, 2.05) is 0 Å². The average Bonchev–Trinajstić information content (AvgIpc) is 2.99. The Morgan fingerprint density at radius 3 is 2.60 bits per heavy atom. The zero-order valence-corrected chi connectivity index (χ0v) is 13.4. The van der Waals surface area contributed by atoms with E-state index in [2.05, 4.69) is 15.2 Å². The molecule has 2 heterocycles. The molecule has 2 aromatic heterocycles. The van der Waals surface area contributed by atoms with Crippen LogP contribution in [0.25, 0.3) is 5.65 Å². The number of hydrogen-bond acceptors (Lipinski definition) is 6. The first-order valence-electron chi connectivity index (χ1n) is 7.56. The van der Waals surface area contributed by atoms with E-state index in [1.165, 1.54) is 0 Å². The number of esters is 1. The molecule has 0 atom stereocenters. The molecule has 0 saturated carbocycles. The molecule has 0 fully saturated rings. The number of nitrogens with two attached hydrogens (primary N) is 1. The second kappa shape index (κ2) is 6.91. The molecule has 0 radical (unpaired) electrons. The largest absolute Gasteiger partial charge is 0.461 e. The summed E-state index contributed by atoms with van der Waals surface area (Å²) in [6, 6.07) is 11.7. The molecule has 126 valence electrons. The summed E-state index contributed by atoms with van der Waals surface area (Å²) in [6.07, 6.45) is 1.73. The van der Waals surface area contributed by atoms with E-state index in [0.29, 0.717) is 16.9 Å². The smallest absolute Gasteiger partial charge is 0.360 e. The van der Waals surface area contributed by atoms with Gasteiger partial charge in [-0.1, -0.05) is 6.07 Å². The summed E-state index contributed by atoms with van der Waals surface area (Å²) in [6.45, 7) is 1.95. The molecule has 0 saturated heterocycles. The SMILES string of the molecule is CCOC(=O)c1nc2ccccn2c1N=Nc1ccc(C(N)=O)cc1. The van der Waals surface area contributed by atoms with Gasteiger partial charge in [0.15, 0.2) is 11.5 Å². The maximum atomic E-state index is 12.1. The Morgan fingerprint density at radius 1 is 1.16 bits per heavy atom. The molecule has 0 spiro atoms. The van der Waals surface area contributed by atoms with Crippen molar-refractivity contribution in [3.63, 3.8) is 0 Å². The minimum Gasteiger partial charge on any atom is -0.461 e. The molecule has 3 rings (SSSR count). The van der Waals surface area contributed by atoms with Crippen molar-refractivity contribution < 1.29 is 14.3 Å². The fraction of sp³-hybridized carbons (Fsp3) is 0.118. The lowest BCUT2D eigenvalue weighted by Crippen LogP contribution is -2.10. The van der Waals surface area contributed by atoms with Crippen LogP contribution in [0.4, 0.5) is 11.5 Å². The summed E-state index contributed by atoms with van der Waals surface area (Å²) in [5.41, 5.74) is 6.73. The number of azo groups is 1. The van der Waals surface area contributed by atoms with Crippen LogP contribution in [0.15, 0.2) is 58.9 Å². The van der Waals surface area contributed by atoms with Crippen molar-refractivity contribution in [3.8, 4) is 0 Å². The predicted molar refractivity (Wildman–Crippen MR) is 90.3 cm³/mol. The zero-order chi connectivity index (χ0) is 17.8. The van der Waals surface area contributed by atoms with Crippen LogP contribution < -0.4 is 5.73 Å². The highest BCUT2D eigenvalue weighted by atomic mass is 16.5. The molecular weight excluding hydrogens is 322 g/mol. The number of amides is 1. The van der Waals surface area contributed by atoms with Crippen molar-refractivity contribution in [2.45, 2.75) is 6.92 Å². The minimum atomic E-state index is -0.566. The van der Waals surface area contributed by atoms with E-state index >= 15 is 0 Å². The number of fused-ring (bicyclic) bond motifs is 1. The van der Waals surface area contributed by atoms with Gasteiger partial charge < -0.3 is 10.5 Å². The summed E-state index contributed by atoms with van der Waals surface area (Å²) >= 11 is 0. The summed E-state index contributed by atoms with van der Waals surface area (Å²) in [7, 11) is 0. The number of rotatable bonds is 5. The van der Waals surface area contributed by atoms with Gasteiger partial charge in [0.25, 0.3) is 0 Å². The van der Waals surface area contributed by atoms with Crippen molar-refractivity contribution in [1.82, 2.24) is 9.38 Å². The zero-order valence-electron chi connectivity index (χ0n) is 13.4. The van der Waals surface area contributed by atoms with Gasteiger partial charge in [0.2, 0.25) is 5.91 Å². The Hall–Kier alpha value is -3.55. The third kappa shape index (κ3) is 3.37. The Balaban J connectivity index is 2.00. The monoisotopic (exact) mass is 337 g/mol. The normalized spacial score (nSPS) is 11.1. The molecule has 0 aliphatic carbocycles. The van der Waals surface area contributed by atoms with Crippen LogP contribution in [0.1, 0.15) is 27.8 Å². The van der Waals surface area contributed by atoms with E-state index in [-0.39, 0.29) is 18.1 Å². The van der Waals surface area contributed by atoms with Crippen molar-refractivity contribution >= 4 is 29.0 Å². The summed E-state index contributed by atoms with van der Waals surface area (Å²) < 4.78 is 6.67. The Kier molecular flexibility index (Phi) is 4.51. The third-order valence-corrected chi connectivity index (χ3v) is 3.39. The predicted octanol–water partition coefficient (Wildman–Crippen LogP) is 3.03. The molecule has 0 aliphatic heterocycles. The molecular formula is C17H15N5O3. The highest BCUT2D eigenvalue weighted by Gasteiger charge is 2.20. The molecule has 0 bridgehead atoms. The lowest BCUT2D eigenvalue weighted by atomic mass is 10.2. The third-order valence-electron chi connectivity index (χ3n) is 3.39. The number of nitrogens with zero attached hydrogens (tertiary/aromatic N) is 4. The first-order valence-corrected chi connectivity index (χ1v) is 7.56. The molecule has 0 aliphatic rings. The van der Waals surface area contributed by atoms with Crippen LogP contribution in [0.5, 0.6) is 0 Å². The van der Waals surface area contributed by atoms with Gasteiger partial charge in [0.1, 0.15) is 5.65 Å². The van der Waals surface area contributed by atoms with Crippen LogP contribution in [-0.2, 0) is 4.74 Å². The van der Waals surface area contributed by atoms with Crippen LogP contribution in [-0.4, -0.2) is 27.9 Å². The summed E-state index contributed by atoms with van der Waals surface area (Å²) in [5.74, 6) is -0.813. The van der Waals surface area contributed by atoms with Crippen molar-refractivity contribution in [2.75, 3.05) is 6.61 Å². The number of aromatic nitrogens is 2. The van der Waals surface area contributed by atoms with E-state index < -0.39 is 11.9 Å². The highest BCUT2D eigenvalue weighted by Crippen LogP contribution is 2.25. The Labute approximate surface area is 143 Å². The van der Waals surface area contributed by atoms with Crippen molar-refractivity contribution in [3.05, 3.63) is 59.9 Å². The number of imidazole rings is 1. The number of primary amides is 1. The number of carbonyl (C=O) groups excluding carboxylic acids is 2. The molecule has 8 heteroatoms. The van der Waals surface area contributed by atoms with E-state index in [0.717, 1.165) is 0 Å². The van der Waals surface area contributed by atoms with E-state index in [1.54, 1.807) is 60.0 Å². The van der Waals surface area contributed by atoms with Gasteiger partial charge >= 0.3 is 5.97 Å². The lowest BCUT2D eigenvalue weighted by molar-refractivity contribution is 0.0521. The minimum absolute atomic E-state index is 0.0885. The van der Waals surface area contributed by atoms with Gasteiger partial charge in [0, 0.05) is 11.8 Å². The summed E-state index contributed by atoms with van der Waals surface area (Å²) in [5, 5.41) is 8.26. The standard InChI is InChI=1S/C17H15N5O3/c1-2-25-17(24)14-16(22-10-4-3-5-13(22)19-14)21-20-12-8-6-11(7-9-12)15(18)23/h3-10H,2H2,1H3,(H2,18,23). The van der Waals surface area contributed by atoms with Crippen LogP contribution in [0, 0.1) is 0 Å². The van der Waals surface area contributed by atoms with Crippen LogP contribution in [0.3, 0.4) is 0 Å². The van der Waals surface area contributed by atoms with Gasteiger partial charge in [-0.25, -0.2) is 9.78 Å². The number of ether oxygens (including phenoxy) is 1. The van der Waals surface area contributed by atoms with Crippen molar-refractivity contribution in [2.24, 2.45) is 16.0 Å². The van der Waals surface area contributed by atoms with Crippen LogP contribution >= 0.6 is 0 Å². The van der Waals surface area contributed by atoms with Gasteiger partial charge in [-0.2, -0.15) is 0 Å². The number of carbonyl (C=O) groups is 2. The first kappa shape index (κ1) is 16.3. The van der Waals surface area contributed by atoms with Gasteiger partial charge in [-0.15, -0.1) is 10.2 Å². The maximum absolute atomic E-state index is 12.1. The molecule has 8 nitrogen and oxygen atoms in total. The van der Waals surface area contributed by atoms with Gasteiger partial charge in [0.05, 0.1) is 12.3 Å². The van der Waals surface area contributed by atoms with Crippen LogP contribution in [0.2, 0.25) is 0 Å². The number of hydrogen-bond donors (Lipinski definition) is 1. The maximum Gasteiger partial charge on any atom is 0.360 e. The lowest BCUT2D eigenvalue weighted by Gasteiger charge is -2.00. The number of pyridine rings is 1. The Morgan fingerprint density at radius 2 is 1.92 bits per heavy atom. The highest BCUT2D eigenvalue weighted by molar-refractivity contribution is 5.93. The quantitative estimate of drug-likeness (QED) is 0.569. The van der Waals surface area contributed by atoms with E-state index in [4.69, 9.17) is 10.5 Å². The van der Waals surface area contributed by atoms with Gasteiger partial charge in [-0.05, 0) is 43.3 Å². The second-order valence-electron chi connectivity index (χ2n) is 5.04. The topological polar surface area (TPSA) is 111 Å². The van der Waals surface area contributed by atoms with Crippen molar-refractivity contribution in [1.29, 1.82) is 0 Å². The molecule has 3 aromatic rings. The first-order chi connectivity index (χ1) is 12.1. The molecule has 25 heavy (non-hydrogen) atoms. The van der Waals surface area contributed by atoms with Gasteiger partial charge in [-0.3, -0.25) is 9.20 Å². The Bertz CT molecular complexity index is 960. The molecule has 1 amide bonds. The van der Waals surface area contributed by atoms with E-state index in [9.17, 15) is 9.59 Å². The second-order valence-corrected chi connectivity index (χ2v) is 5.04. The average molecular weight is 337 g/mol.